The Morgan fingerprint density at radius 2 is 2.20 bits per heavy atom. The molecular weight excluding hydrogens is 126 g/mol. The van der Waals surface area contributed by atoms with Crippen LogP contribution in [0.5, 0.6) is 0 Å². The highest BCUT2D eigenvalue weighted by Crippen LogP contribution is 2.12. The third-order valence-electron chi connectivity index (χ3n) is 1.80. The third-order valence-corrected chi connectivity index (χ3v) is 1.80. The topological polar surface area (TPSA) is 21.3 Å². The van der Waals surface area contributed by atoms with E-state index < -0.39 is 0 Å². The molecule has 0 aromatic heterocycles. The molecule has 1 aliphatic rings. The van der Waals surface area contributed by atoms with Gasteiger partial charge >= 0.3 is 0 Å². The van der Waals surface area contributed by atoms with E-state index in [2.05, 4.69) is 26.1 Å². The molecule has 0 amide bonds. The first kappa shape index (κ1) is 8.02. The molecule has 2 nitrogen and oxygen atoms in total. The van der Waals surface area contributed by atoms with Crippen LogP contribution in [0.3, 0.4) is 0 Å². The third kappa shape index (κ3) is 2.27. The molecule has 0 bridgehead atoms. The molecule has 0 spiro atoms. The Labute approximate surface area is 63.0 Å². The average molecular weight is 143 g/mol. The minimum absolute atomic E-state index is 0.0325. The molecular formula is C8H17NO. The fraction of sp³-hybridized carbons (Fsp3) is 1.00. The van der Waals surface area contributed by atoms with Crippen molar-refractivity contribution in [3.8, 4) is 0 Å². The van der Waals surface area contributed by atoms with Gasteiger partial charge in [0, 0.05) is 13.1 Å². The van der Waals surface area contributed by atoms with Crippen LogP contribution in [0.1, 0.15) is 20.8 Å². The Bertz CT molecular complexity index is 112. The summed E-state index contributed by atoms with van der Waals surface area (Å²) in [6, 6.07) is 0. The molecule has 1 fully saturated rings. The number of nitrogens with one attached hydrogen (secondary N) is 1. The molecule has 0 radical (unpaired) electrons. The van der Waals surface area contributed by atoms with E-state index >= 15 is 0 Å². The van der Waals surface area contributed by atoms with E-state index in [1.165, 1.54) is 0 Å². The molecule has 0 unspecified atom stereocenters. The summed E-state index contributed by atoms with van der Waals surface area (Å²) in [6.45, 7) is 9.39. The molecule has 0 saturated carbocycles. The molecule has 1 heterocycles. The van der Waals surface area contributed by atoms with E-state index in [1.54, 1.807) is 0 Å². The molecule has 60 valence electrons. The van der Waals surface area contributed by atoms with Crippen molar-refractivity contribution in [1.82, 2.24) is 5.32 Å². The van der Waals surface area contributed by atoms with Crippen molar-refractivity contribution in [2.45, 2.75) is 26.4 Å². The Balaban J connectivity index is 2.41. The molecule has 1 aliphatic heterocycles. The lowest BCUT2D eigenvalue weighted by Gasteiger charge is -2.22. The van der Waals surface area contributed by atoms with Gasteiger partial charge in [-0.1, -0.05) is 6.92 Å². The zero-order chi connectivity index (χ0) is 7.61. The highest BCUT2D eigenvalue weighted by atomic mass is 16.5. The van der Waals surface area contributed by atoms with Gasteiger partial charge in [-0.25, -0.2) is 0 Å². The highest BCUT2D eigenvalue weighted by Gasteiger charge is 2.22. The van der Waals surface area contributed by atoms with E-state index in [0.29, 0.717) is 5.92 Å². The zero-order valence-corrected chi connectivity index (χ0v) is 7.11. The number of hydrogen-bond donors (Lipinski definition) is 1. The van der Waals surface area contributed by atoms with Gasteiger partial charge < -0.3 is 10.1 Å². The molecule has 0 aromatic rings. The first-order valence-corrected chi connectivity index (χ1v) is 3.95. The van der Waals surface area contributed by atoms with Crippen LogP contribution in [0.2, 0.25) is 0 Å². The average Bonchev–Trinajstić information content (AvgIpc) is 1.94. The van der Waals surface area contributed by atoms with E-state index in [1.807, 2.05) is 0 Å². The Kier molecular flexibility index (Phi) is 2.32. The molecule has 0 aliphatic carbocycles. The van der Waals surface area contributed by atoms with Gasteiger partial charge in [0.2, 0.25) is 0 Å². The van der Waals surface area contributed by atoms with Crippen LogP contribution in [0.4, 0.5) is 0 Å². The normalized spacial score (nSPS) is 33.3. The molecule has 10 heavy (non-hydrogen) atoms. The zero-order valence-electron chi connectivity index (χ0n) is 7.11. The van der Waals surface area contributed by atoms with Gasteiger partial charge in [-0.2, -0.15) is 0 Å². The highest BCUT2D eigenvalue weighted by molar-refractivity contribution is 4.76. The van der Waals surface area contributed by atoms with Gasteiger partial charge in [-0.05, 0) is 19.8 Å². The number of hydrogen-bond acceptors (Lipinski definition) is 2. The largest absolute Gasteiger partial charge is 0.374 e. The van der Waals surface area contributed by atoms with Crippen LogP contribution in [-0.2, 0) is 4.74 Å². The van der Waals surface area contributed by atoms with Gasteiger partial charge in [0.25, 0.3) is 0 Å². The smallest absolute Gasteiger partial charge is 0.0750 e. The lowest BCUT2D eigenvalue weighted by atomic mass is 10.1. The van der Waals surface area contributed by atoms with Gasteiger partial charge in [0.1, 0.15) is 0 Å². The van der Waals surface area contributed by atoms with Gasteiger partial charge in [0.15, 0.2) is 0 Å². The lowest BCUT2D eigenvalue weighted by molar-refractivity contribution is -0.0145. The summed E-state index contributed by atoms with van der Waals surface area (Å²) in [5.41, 5.74) is 0.0325. The standard InChI is InChI=1S/C8H17NO/c1-7-4-9-6-8(2,3)10-5-7/h7,9H,4-6H2,1-3H3/t7-/m1/s1. The van der Waals surface area contributed by atoms with E-state index in [-0.39, 0.29) is 5.60 Å². The summed E-state index contributed by atoms with van der Waals surface area (Å²) in [4.78, 5) is 0. The Morgan fingerprint density at radius 3 is 2.90 bits per heavy atom. The number of rotatable bonds is 0. The van der Waals surface area contributed by atoms with Crippen molar-refractivity contribution in [3.63, 3.8) is 0 Å². The van der Waals surface area contributed by atoms with Crippen molar-refractivity contribution in [1.29, 1.82) is 0 Å². The van der Waals surface area contributed by atoms with Crippen molar-refractivity contribution in [3.05, 3.63) is 0 Å². The molecule has 1 saturated heterocycles. The first-order valence-electron chi connectivity index (χ1n) is 3.95. The minimum atomic E-state index is 0.0325. The number of ether oxygens (including phenoxy) is 1. The Hall–Kier alpha value is -0.0800. The predicted octanol–water partition coefficient (Wildman–Crippen LogP) is 1.02. The monoisotopic (exact) mass is 143 g/mol. The quantitative estimate of drug-likeness (QED) is 0.546. The van der Waals surface area contributed by atoms with Crippen LogP contribution >= 0.6 is 0 Å². The van der Waals surface area contributed by atoms with Gasteiger partial charge in [-0.3, -0.25) is 0 Å². The fourth-order valence-corrected chi connectivity index (χ4v) is 1.10. The van der Waals surface area contributed by atoms with Crippen LogP contribution in [-0.4, -0.2) is 25.3 Å². The van der Waals surface area contributed by atoms with Crippen LogP contribution in [0.25, 0.3) is 0 Å². The van der Waals surface area contributed by atoms with Crippen molar-refractivity contribution < 1.29 is 4.74 Å². The van der Waals surface area contributed by atoms with Crippen molar-refractivity contribution in [2.24, 2.45) is 5.92 Å². The van der Waals surface area contributed by atoms with Crippen molar-refractivity contribution in [2.75, 3.05) is 19.7 Å². The molecule has 1 atom stereocenters. The van der Waals surface area contributed by atoms with Gasteiger partial charge in [0.05, 0.1) is 12.2 Å². The summed E-state index contributed by atoms with van der Waals surface area (Å²) in [5, 5.41) is 3.36. The molecule has 2 heteroatoms. The van der Waals surface area contributed by atoms with Crippen LogP contribution in [0, 0.1) is 5.92 Å². The first-order chi connectivity index (χ1) is 4.60. The van der Waals surface area contributed by atoms with Gasteiger partial charge in [-0.15, -0.1) is 0 Å². The fourth-order valence-electron chi connectivity index (χ4n) is 1.10. The maximum atomic E-state index is 5.64. The Morgan fingerprint density at radius 1 is 1.50 bits per heavy atom. The second-order valence-electron chi connectivity index (χ2n) is 3.81. The van der Waals surface area contributed by atoms with E-state index in [0.717, 1.165) is 19.7 Å². The SMILES string of the molecule is C[C@@H]1CNCC(C)(C)OC1. The van der Waals surface area contributed by atoms with E-state index in [4.69, 9.17) is 4.74 Å². The molecule has 0 aromatic carbocycles. The lowest BCUT2D eigenvalue weighted by Crippen LogP contribution is -2.34. The maximum Gasteiger partial charge on any atom is 0.0750 e. The summed E-state index contributed by atoms with van der Waals surface area (Å²) in [5.74, 6) is 0.654. The van der Waals surface area contributed by atoms with Crippen LogP contribution < -0.4 is 5.32 Å². The summed E-state index contributed by atoms with van der Waals surface area (Å²) in [6.07, 6.45) is 0. The van der Waals surface area contributed by atoms with Crippen LogP contribution in [0.15, 0.2) is 0 Å². The predicted molar refractivity (Wildman–Crippen MR) is 42.1 cm³/mol. The summed E-state index contributed by atoms with van der Waals surface area (Å²) < 4.78 is 5.64. The van der Waals surface area contributed by atoms with Crippen molar-refractivity contribution >= 4 is 0 Å². The second-order valence-corrected chi connectivity index (χ2v) is 3.81. The van der Waals surface area contributed by atoms with E-state index in [9.17, 15) is 0 Å². The molecule has 1 rings (SSSR count). The summed E-state index contributed by atoms with van der Waals surface area (Å²) in [7, 11) is 0. The second kappa shape index (κ2) is 2.89. The molecule has 1 N–H and O–H groups in total. The maximum absolute atomic E-state index is 5.64. The minimum Gasteiger partial charge on any atom is -0.374 e. The summed E-state index contributed by atoms with van der Waals surface area (Å²) >= 11 is 0.